The summed E-state index contributed by atoms with van der Waals surface area (Å²) in [7, 11) is 0. The van der Waals surface area contributed by atoms with E-state index in [2.05, 4.69) is 29.6 Å². The van der Waals surface area contributed by atoms with E-state index >= 15 is 0 Å². The van der Waals surface area contributed by atoms with Gasteiger partial charge in [-0.2, -0.15) is 5.10 Å². The van der Waals surface area contributed by atoms with Crippen molar-refractivity contribution in [2.45, 2.75) is 34.2 Å². The second-order valence-corrected chi connectivity index (χ2v) is 6.99. The molecule has 2 rings (SSSR count). The van der Waals surface area contributed by atoms with Gasteiger partial charge >= 0.3 is 0 Å². The Morgan fingerprint density at radius 2 is 2.07 bits per heavy atom. The maximum absolute atomic E-state index is 12.2. The molecule has 2 N–H and O–H groups in total. The number of amides is 2. The van der Waals surface area contributed by atoms with Gasteiger partial charge in [0.25, 0.3) is 5.91 Å². The largest absolute Gasteiger partial charge is 0.352 e. The number of carbonyl (C=O) groups excluding carboxylic acids is 2. The lowest BCUT2D eigenvalue weighted by atomic mass is 10.2. The van der Waals surface area contributed by atoms with E-state index in [4.69, 9.17) is 11.6 Å². The minimum absolute atomic E-state index is 0.177. The minimum Gasteiger partial charge on any atom is -0.352 e. The highest BCUT2D eigenvalue weighted by atomic mass is 35.5. The van der Waals surface area contributed by atoms with Crippen LogP contribution in [0.4, 0.5) is 5.69 Å². The van der Waals surface area contributed by atoms with Crippen LogP contribution in [0.3, 0.4) is 0 Å². The van der Waals surface area contributed by atoms with Crippen molar-refractivity contribution in [2.24, 2.45) is 5.92 Å². The summed E-state index contributed by atoms with van der Waals surface area (Å²) in [5.41, 5.74) is 2.53. The van der Waals surface area contributed by atoms with E-state index in [0.29, 0.717) is 35.4 Å². The molecule has 6 nitrogen and oxygen atoms in total. The number of nitrogens with one attached hydrogen (secondary N) is 2. The second-order valence-electron chi connectivity index (χ2n) is 6.63. The van der Waals surface area contributed by atoms with Gasteiger partial charge in [-0.15, -0.1) is 0 Å². The summed E-state index contributed by atoms with van der Waals surface area (Å²) in [6.07, 6.45) is 3.07. The molecule has 0 aliphatic heterocycles. The molecule has 7 heteroatoms. The molecule has 0 aliphatic carbocycles. The van der Waals surface area contributed by atoms with Crippen molar-refractivity contribution < 1.29 is 9.59 Å². The topological polar surface area (TPSA) is 76.0 Å². The lowest BCUT2D eigenvalue weighted by Crippen LogP contribution is -2.22. The SMILES string of the molecule is CCNC(=O)c1cccc(NC(=O)/C=C/c2c(C)nn(CC(C)C)c2Cl)c1. The van der Waals surface area contributed by atoms with Crippen molar-refractivity contribution in [3.05, 3.63) is 52.3 Å². The average molecular weight is 389 g/mol. The second kappa shape index (κ2) is 9.37. The first-order chi connectivity index (χ1) is 12.8. The first kappa shape index (κ1) is 20.7. The summed E-state index contributed by atoms with van der Waals surface area (Å²) in [6.45, 7) is 9.15. The summed E-state index contributed by atoms with van der Waals surface area (Å²) in [6, 6.07) is 6.78. The van der Waals surface area contributed by atoms with Crippen LogP contribution in [0, 0.1) is 12.8 Å². The number of nitrogens with zero attached hydrogens (tertiary/aromatic N) is 2. The van der Waals surface area contributed by atoms with Crippen LogP contribution in [0.2, 0.25) is 5.15 Å². The Labute approximate surface area is 164 Å². The Bertz CT molecular complexity index is 856. The Morgan fingerprint density at radius 1 is 1.33 bits per heavy atom. The predicted octanol–water partition coefficient (Wildman–Crippen LogP) is 3.90. The highest BCUT2D eigenvalue weighted by Crippen LogP contribution is 2.22. The first-order valence-corrected chi connectivity index (χ1v) is 9.29. The number of rotatable bonds is 7. The molecule has 144 valence electrons. The first-order valence-electron chi connectivity index (χ1n) is 8.92. The van der Waals surface area contributed by atoms with E-state index in [1.807, 2.05) is 13.8 Å². The lowest BCUT2D eigenvalue weighted by molar-refractivity contribution is -0.111. The summed E-state index contributed by atoms with van der Waals surface area (Å²) < 4.78 is 1.74. The fourth-order valence-electron chi connectivity index (χ4n) is 2.57. The summed E-state index contributed by atoms with van der Waals surface area (Å²) >= 11 is 6.38. The molecule has 1 aromatic carbocycles. The lowest BCUT2D eigenvalue weighted by Gasteiger charge is -2.06. The van der Waals surface area contributed by atoms with Gasteiger partial charge in [0.15, 0.2) is 0 Å². The maximum atomic E-state index is 12.2. The van der Waals surface area contributed by atoms with Gasteiger partial charge in [0.1, 0.15) is 5.15 Å². The number of aryl methyl sites for hydroxylation is 1. The van der Waals surface area contributed by atoms with E-state index in [1.54, 1.807) is 35.0 Å². The van der Waals surface area contributed by atoms with Gasteiger partial charge in [-0.1, -0.05) is 31.5 Å². The van der Waals surface area contributed by atoms with Crippen molar-refractivity contribution in [1.82, 2.24) is 15.1 Å². The van der Waals surface area contributed by atoms with Gasteiger partial charge in [-0.05, 0) is 44.0 Å². The van der Waals surface area contributed by atoms with E-state index in [1.165, 1.54) is 6.08 Å². The molecule has 0 saturated carbocycles. The Kier molecular flexibility index (Phi) is 7.19. The van der Waals surface area contributed by atoms with Crippen LogP contribution in [-0.4, -0.2) is 28.1 Å². The van der Waals surface area contributed by atoms with Gasteiger partial charge in [-0.25, -0.2) is 0 Å². The Morgan fingerprint density at radius 3 is 2.74 bits per heavy atom. The fourth-order valence-corrected chi connectivity index (χ4v) is 2.87. The van der Waals surface area contributed by atoms with Gasteiger partial charge in [0.2, 0.25) is 5.91 Å². The van der Waals surface area contributed by atoms with Crippen molar-refractivity contribution in [2.75, 3.05) is 11.9 Å². The van der Waals surface area contributed by atoms with Crippen molar-refractivity contribution >= 4 is 35.2 Å². The van der Waals surface area contributed by atoms with Crippen LogP contribution in [0.15, 0.2) is 30.3 Å². The zero-order valence-corrected chi connectivity index (χ0v) is 16.8. The number of halogens is 1. The molecule has 0 radical (unpaired) electrons. The molecule has 0 spiro atoms. The van der Waals surface area contributed by atoms with Crippen molar-refractivity contribution in [3.8, 4) is 0 Å². The Hall–Kier alpha value is -2.60. The quantitative estimate of drug-likeness (QED) is 0.706. The summed E-state index contributed by atoms with van der Waals surface area (Å²) in [5.74, 6) is -0.0710. The van der Waals surface area contributed by atoms with Crippen LogP contribution in [0.1, 0.15) is 42.4 Å². The molecular weight excluding hydrogens is 364 g/mol. The fraction of sp³-hybridized carbons (Fsp3) is 0.350. The molecule has 0 saturated heterocycles. The van der Waals surface area contributed by atoms with Crippen molar-refractivity contribution in [3.63, 3.8) is 0 Å². The summed E-state index contributed by atoms with van der Waals surface area (Å²) in [4.78, 5) is 24.1. The van der Waals surface area contributed by atoms with Crippen LogP contribution in [-0.2, 0) is 11.3 Å². The highest BCUT2D eigenvalue weighted by Gasteiger charge is 2.12. The van der Waals surface area contributed by atoms with Crippen LogP contribution < -0.4 is 10.6 Å². The third-order valence-electron chi connectivity index (χ3n) is 3.78. The number of anilines is 1. The molecule has 0 atom stereocenters. The molecule has 1 heterocycles. The molecule has 0 aliphatic rings. The molecule has 27 heavy (non-hydrogen) atoms. The van der Waals surface area contributed by atoms with Crippen LogP contribution in [0.25, 0.3) is 6.08 Å². The third-order valence-corrected chi connectivity index (χ3v) is 4.18. The third kappa shape index (κ3) is 5.69. The van der Waals surface area contributed by atoms with Gasteiger partial charge in [-0.3, -0.25) is 14.3 Å². The van der Waals surface area contributed by atoms with Crippen molar-refractivity contribution in [1.29, 1.82) is 0 Å². The average Bonchev–Trinajstić information content (AvgIpc) is 2.86. The van der Waals surface area contributed by atoms with E-state index in [-0.39, 0.29) is 11.8 Å². The van der Waals surface area contributed by atoms with Crippen LogP contribution in [0.5, 0.6) is 0 Å². The number of hydrogen-bond acceptors (Lipinski definition) is 3. The van der Waals surface area contributed by atoms with Gasteiger partial charge in [0, 0.05) is 36.0 Å². The minimum atomic E-state index is -0.310. The molecular formula is C20H25ClN4O2. The number of carbonyl (C=O) groups is 2. The van der Waals surface area contributed by atoms with E-state index in [0.717, 1.165) is 11.3 Å². The Balaban J connectivity index is 2.09. The maximum Gasteiger partial charge on any atom is 0.251 e. The monoisotopic (exact) mass is 388 g/mol. The number of aromatic nitrogens is 2. The molecule has 2 aromatic rings. The highest BCUT2D eigenvalue weighted by molar-refractivity contribution is 6.31. The zero-order chi connectivity index (χ0) is 20.0. The van der Waals surface area contributed by atoms with Crippen LogP contribution >= 0.6 is 11.6 Å². The smallest absolute Gasteiger partial charge is 0.251 e. The van der Waals surface area contributed by atoms with E-state index in [9.17, 15) is 9.59 Å². The normalized spacial score (nSPS) is 11.2. The predicted molar refractivity (Wildman–Crippen MR) is 109 cm³/mol. The number of benzene rings is 1. The number of hydrogen-bond donors (Lipinski definition) is 2. The summed E-state index contributed by atoms with van der Waals surface area (Å²) in [5, 5.41) is 10.4. The molecule has 1 aromatic heterocycles. The molecule has 2 amide bonds. The standard InChI is InChI=1S/C20H25ClN4O2/c1-5-22-20(27)15-7-6-8-16(11-15)23-18(26)10-9-17-14(4)24-25(19(17)21)12-13(2)3/h6-11,13H,5,12H2,1-4H3,(H,22,27)(H,23,26)/b10-9+. The van der Waals surface area contributed by atoms with Gasteiger partial charge in [0.05, 0.1) is 5.69 Å². The molecule has 0 bridgehead atoms. The van der Waals surface area contributed by atoms with Gasteiger partial charge < -0.3 is 10.6 Å². The molecule has 0 fully saturated rings. The van der Waals surface area contributed by atoms with E-state index < -0.39 is 0 Å². The zero-order valence-electron chi connectivity index (χ0n) is 16.0. The molecule has 0 unspecified atom stereocenters.